The van der Waals surface area contributed by atoms with Gasteiger partial charge in [-0.25, -0.2) is 4.98 Å². The Balaban J connectivity index is 1.57. The van der Waals surface area contributed by atoms with Crippen molar-refractivity contribution < 1.29 is 14.3 Å². The Morgan fingerprint density at radius 3 is 2.96 bits per heavy atom. The highest BCUT2D eigenvalue weighted by Gasteiger charge is 2.31. The van der Waals surface area contributed by atoms with Gasteiger partial charge >= 0.3 is 0 Å². The number of nitrogens with one attached hydrogen (secondary N) is 1. The zero-order valence-electron chi connectivity index (χ0n) is 14.4. The van der Waals surface area contributed by atoms with Crippen LogP contribution in [0.5, 0.6) is 5.75 Å². The summed E-state index contributed by atoms with van der Waals surface area (Å²) in [6, 6.07) is 7.36. The third kappa shape index (κ3) is 3.99. The first-order chi connectivity index (χ1) is 12.0. The first-order valence-electron chi connectivity index (χ1n) is 8.37. The molecule has 1 N–H and O–H groups in total. The van der Waals surface area contributed by atoms with Crippen molar-refractivity contribution in [2.24, 2.45) is 0 Å². The molecule has 2 atom stereocenters. The maximum Gasteiger partial charge on any atom is 0.267 e. The van der Waals surface area contributed by atoms with Crippen LogP contribution >= 0.6 is 0 Å². The summed E-state index contributed by atoms with van der Waals surface area (Å²) < 4.78 is 7.52. The molecule has 0 aliphatic carbocycles. The predicted octanol–water partition coefficient (Wildman–Crippen LogP) is 1.59. The van der Waals surface area contributed by atoms with E-state index in [9.17, 15) is 9.59 Å². The van der Waals surface area contributed by atoms with Gasteiger partial charge in [0.2, 0.25) is 5.91 Å². The number of amides is 2. The molecular formula is C18H22N4O3. The first-order valence-corrected chi connectivity index (χ1v) is 8.37. The van der Waals surface area contributed by atoms with Crippen LogP contribution in [0.15, 0.2) is 43.0 Å². The van der Waals surface area contributed by atoms with Crippen LogP contribution in [-0.2, 0) is 16.1 Å². The second-order valence-corrected chi connectivity index (χ2v) is 6.20. The minimum absolute atomic E-state index is 0.0201. The molecule has 0 spiro atoms. The van der Waals surface area contributed by atoms with Gasteiger partial charge in [-0.1, -0.05) is 12.1 Å². The Bertz CT molecular complexity index is 745. The topological polar surface area (TPSA) is 76.5 Å². The lowest BCUT2D eigenvalue weighted by atomic mass is 10.1. The molecule has 0 saturated heterocycles. The molecule has 2 aromatic rings. The van der Waals surface area contributed by atoms with E-state index in [1.54, 1.807) is 24.3 Å². The minimum atomic E-state index is -0.543. The second kappa shape index (κ2) is 7.38. The zero-order chi connectivity index (χ0) is 17.8. The van der Waals surface area contributed by atoms with E-state index in [0.717, 1.165) is 0 Å². The number of carbonyl (C=O) groups excluding carboxylic acids is 2. The smallest absolute Gasteiger partial charge is 0.267 e. The summed E-state index contributed by atoms with van der Waals surface area (Å²) in [7, 11) is 0. The number of benzene rings is 1. The van der Waals surface area contributed by atoms with Crippen LogP contribution in [-0.4, -0.2) is 40.1 Å². The molecule has 7 nitrogen and oxygen atoms in total. The molecule has 0 radical (unpaired) electrons. The van der Waals surface area contributed by atoms with E-state index in [0.29, 0.717) is 24.5 Å². The number of aromatic nitrogens is 2. The van der Waals surface area contributed by atoms with Gasteiger partial charge in [0.05, 0.1) is 12.0 Å². The molecule has 0 saturated carbocycles. The second-order valence-electron chi connectivity index (χ2n) is 6.20. The Morgan fingerprint density at radius 2 is 2.20 bits per heavy atom. The summed E-state index contributed by atoms with van der Waals surface area (Å²) in [6.45, 7) is 4.64. The monoisotopic (exact) mass is 342 g/mol. The number of hydrogen-bond acceptors (Lipinski definition) is 4. The normalized spacial score (nSPS) is 17.6. The van der Waals surface area contributed by atoms with Crippen molar-refractivity contribution in [3.8, 4) is 5.75 Å². The van der Waals surface area contributed by atoms with Crippen molar-refractivity contribution in [1.29, 1.82) is 0 Å². The number of ether oxygens (including phenoxy) is 1. The zero-order valence-corrected chi connectivity index (χ0v) is 14.4. The standard InChI is InChI=1S/C18H22N4O3/c1-13(11-21-10-8-19-12-21)20-17(23)7-9-22-15-5-3-4-6-16(15)25-14(2)18(22)24/h3-6,8,10,12-14H,7,9,11H2,1-2H3,(H,20,23)/t13-,14+/m1/s1. The molecular weight excluding hydrogens is 320 g/mol. The maximum atomic E-state index is 12.4. The third-order valence-corrected chi connectivity index (χ3v) is 4.09. The van der Waals surface area contributed by atoms with E-state index in [4.69, 9.17) is 4.74 Å². The lowest BCUT2D eigenvalue weighted by Crippen LogP contribution is -2.46. The van der Waals surface area contributed by atoms with Crippen LogP contribution in [0.3, 0.4) is 0 Å². The van der Waals surface area contributed by atoms with Gasteiger partial charge in [0.25, 0.3) is 5.91 Å². The van der Waals surface area contributed by atoms with Crippen LogP contribution in [0, 0.1) is 0 Å². The Hall–Kier alpha value is -2.83. The number of nitrogens with zero attached hydrogens (tertiary/aromatic N) is 3. The third-order valence-electron chi connectivity index (χ3n) is 4.09. The Labute approximate surface area is 146 Å². The van der Waals surface area contributed by atoms with Gasteiger partial charge in [0.15, 0.2) is 6.10 Å². The molecule has 0 bridgehead atoms. The summed E-state index contributed by atoms with van der Waals surface area (Å²) in [5.74, 6) is 0.457. The van der Waals surface area contributed by atoms with Gasteiger partial charge in [-0.2, -0.15) is 0 Å². The van der Waals surface area contributed by atoms with Gasteiger partial charge in [0, 0.05) is 37.9 Å². The quantitative estimate of drug-likeness (QED) is 0.865. The molecule has 1 aromatic heterocycles. The number of rotatable bonds is 6. The fraction of sp³-hybridized carbons (Fsp3) is 0.389. The van der Waals surface area contributed by atoms with Crippen molar-refractivity contribution in [2.45, 2.75) is 39.0 Å². The van der Waals surface area contributed by atoms with Gasteiger partial charge in [-0.3, -0.25) is 9.59 Å². The molecule has 0 unspecified atom stereocenters. The number of hydrogen-bond donors (Lipinski definition) is 1. The van der Waals surface area contributed by atoms with E-state index in [1.165, 1.54) is 0 Å². The van der Waals surface area contributed by atoms with Gasteiger partial charge in [-0.05, 0) is 26.0 Å². The summed E-state index contributed by atoms with van der Waals surface area (Å²) in [4.78, 5) is 30.2. The molecule has 0 fully saturated rings. The number of anilines is 1. The Morgan fingerprint density at radius 1 is 1.40 bits per heavy atom. The highest BCUT2D eigenvalue weighted by Crippen LogP contribution is 2.33. The van der Waals surface area contributed by atoms with E-state index in [2.05, 4.69) is 10.3 Å². The summed E-state index contributed by atoms with van der Waals surface area (Å²) in [6.07, 6.45) is 4.97. The van der Waals surface area contributed by atoms with Crippen molar-refractivity contribution in [2.75, 3.05) is 11.4 Å². The van der Waals surface area contributed by atoms with Crippen LogP contribution in [0.1, 0.15) is 20.3 Å². The molecule has 3 rings (SSSR count). The van der Waals surface area contributed by atoms with Gasteiger partial charge in [0.1, 0.15) is 5.75 Å². The predicted molar refractivity (Wildman–Crippen MR) is 93.3 cm³/mol. The van der Waals surface area contributed by atoms with Crippen molar-refractivity contribution in [3.63, 3.8) is 0 Å². The fourth-order valence-corrected chi connectivity index (χ4v) is 2.91. The molecule has 1 aromatic carbocycles. The number of para-hydroxylation sites is 2. The molecule has 2 amide bonds. The lowest BCUT2D eigenvalue weighted by Gasteiger charge is -2.32. The van der Waals surface area contributed by atoms with Crippen molar-refractivity contribution >= 4 is 17.5 Å². The average molecular weight is 342 g/mol. The maximum absolute atomic E-state index is 12.4. The molecule has 1 aliphatic rings. The van der Waals surface area contributed by atoms with Crippen LogP contribution in [0.25, 0.3) is 0 Å². The summed E-state index contributed by atoms with van der Waals surface area (Å²) >= 11 is 0. The molecule has 1 aliphatic heterocycles. The van der Waals surface area contributed by atoms with E-state index in [1.807, 2.05) is 42.0 Å². The van der Waals surface area contributed by atoms with E-state index < -0.39 is 6.10 Å². The number of fused-ring (bicyclic) bond motifs is 1. The van der Waals surface area contributed by atoms with Crippen LogP contribution < -0.4 is 15.0 Å². The van der Waals surface area contributed by atoms with Crippen LogP contribution in [0.2, 0.25) is 0 Å². The van der Waals surface area contributed by atoms with Gasteiger partial charge in [-0.15, -0.1) is 0 Å². The molecule has 25 heavy (non-hydrogen) atoms. The first kappa shape index (κ1) is 17.0. The number of imidazole rings is 1. The van der Waals surface area contributed by atoms with Crippen LogP contribution in [0.4, 0.5) is 5.69 Å². The molecule has 2 heterocycles. The van der Waals surface area contributed by atoms with E-state index in [-0.39, 0.29) is 24.3 Å². The average Bonchev–Trinajstić information content (AvgIpc) is 3.08. The largest absolute Gasteiger partial charge is 0.479 e. The fourth-order valence-electron chi connectivity index (χ4n) is 2.91. The summed E-state index contributed by atoms with van der Waals surface area (Å²) in [5.41, 5.74) is 0.713. The van der Waals surface area contributed by atoms with Crippen molar-refractivity contribution in [3.05, 3.63) is 43.0 Å². The highest BCUT2D eigenvalue weighted by atomic mass is 16.5. The Kier molecular flexibility index (Phi) is 5.02. The van der Waals surface area contributed by atoms with Crippen molar-refractivity contribution in [1.82, 2.24) is 14.9 Å². The number of carbonyl (C=O) groups is 2. The summed E-state index contributed by atoms with van der Waals surface area (Å²) in [5, 5.41) is 2.95. The van der Waals surface area contributed by atoms with E-state index >= 15 is 0 Å². The molecule has 7 heteroatoms. The SMILES string of the molecule is C[C@H](Cn1ccnc1)NC(=O)CCN1C(=O)[C@H](C)Oc2ccccc21. The minimum Gasteiger partial charge on any atom is -0.479 e. The highest BCUT2D eigenvalue weighted by molar-refractivity contribution is 6.00. The van der Waals surface area contributed by atoms with Gasteiger partial charge < -0.3 is 19.5 Å². The lowest BCUT2D eigenvalue weighted by molar-refractivity contribution is -0.125. The molecule has 132 valence electrons.